The summed E-state index contributed by atoms with van der Waals surface area (Å²) in [7, 11) is 0. The molecule has 268 valence electrons. The van der Waals surface area contributed by atoms with Crippen molar-refractivity contribution >= 4 is 39.0 Å². The summed E-state index contributed by atoms with van der Waals surface area (Å²) in [6.45, 7) is 9.42. The van der Waals surface area contributed by atoms with Crippen molar-refractivity contribution in [1.29, 1.82) is 0 Å². The van der Waals surface area contributed by atoms with Gasteiger partial charge >= 0.3 is 0 Å². The van der Waals surface area contributed by atoms with Crippen LogP contribution in [0, 0.1) is 0 Å². The Morgan fingerprint density at radius 1 is 0.375 bits per heavy atom. The molecule has 0 N–H and O–H groups in total. The second kappa shape index (κ2) is 11.9. The number of hydrogen-bond acceptors (Lipinski definition) is 2. The van der Waals surface area contributed by atoms with Crippen LogP contribution in [0.25, 0.3) is 66.4 Å². The molecule has 2 nitrogen and oxygen atoms in total. The summed E-state index contributed by atoms with van der Waals surface area (Å²) in [5.74, 6) is 0. The molecule has 0 radical (unpaired) electrons. The number of nitrogens with zero attached hydrogens (tertiary/aromatic N) is 1. The van der Waals surface area contributed by atoms with E-state index in [2.05, 4.69) is 196 Å². The highest BCUT2D eigenvalue weighted by atomic mass is 16.3. The second-order valence-electron chi connectivity index (χ2n) is 16.5. The van der Waals surface area contributed by atoms with Gasteiger partial charge in [-0.1, -0.05) is 155 Å². The van der Waals surface area contributed by atoms with E-state index in [-0.39, 0.29) is 10.8 Å². The molecule has 1 aromatic heterocycles. The minimum atomic E-state index is -0.0912. The summed E-state index contributed by atoms with van der Waals surface area (Å²) in [5, 5.41) is 2.28. The summed E-state index contributed by atoms with van der Waals surface area (Å²) >= 11 is 0. The zero-order valence-corrected chi connectivity index (χ0v) is 32.1. The first-order valence-electron chi connectivity index (χ1n) is 19.7. The Labute approximate surface area is 328 Å². The number of para-hydroxylation sites is 2. The number of rotatable bonds is 5. The van der Waals surface area contributed by atoms with E-state index in [0.29, 0.717) is 0 Å². The molecule has 0 unspecified atom stereocenters. The molecule has 56 heavy (non-hydrogen) atoms. The average Bonchev–Trinajstić information content (AvgIpc) is 3.80. The third-order valence-corrected chi connectivity index (χ3v) is 12.7. The van der Waals surface area contributed by atoms with Crippen molar-refractivity contribution in [2.75, 3.05) is 4.90 Å². The van der Waals surface area contributed by atoms with E-state index in [1.807, 2.05) is 12.1 Å². The van der Waals surface area contributed by atoms with Gasteiger partial charge in [-0.15, -0.1) is 0 Å². The number of fused-ring (bicyclic) bond motifs is 9. The Morgan fingerprint density at radius 3 is 1.82 bits per heavy atom. The Bertz CT molecular complexity index is 3050. The van der Waals surface area contributed by atoms with Crippen molar-refractivity contribution < 1.29 is 4.42 Å². The van der Waals surface area contributed by atoms with E-state index in [0.717, 1.165) is 50.1 Å². The lowest BCUT2D eigenvalue weighted by Crippen LogP contribution is -2.16. The predicted molar refractivity (Wildman–Crippen MR) is 234 cm³/mol. The van der Waals surface area contributed by atoms with Gasteiger partial charge in [0.05, 0.1) is 5.69 Å². The highest BCUT2D eigenvalue weighted by Crippen LogP contribution is 2.55. The van der Waals surface area contributed by atoms with Crippen LogP contribution in [0.2, 0.25) is 0 Å². The van der Waals surface area contributed by atoms with Crippen LogP contribution in [0.3, 0.4) is 0 Å². The predicted octanol–water partition coefficient (Wildman–Crippen LogP) is 15.0. The maximum atomic E-state index is 6.35. The average molecular weight is 720 g/mol. The number of anilines is 3. The van der Waals surface area contributed by atoms with Gasteiger partial charge < -0.3 is 9.32 Å². The van der Waals surface area contributed by atoms with E-state index >= 15 is 0 Å². The van der Waals surface area contributed by atoms with Crippen LogP contribution in [0.4, 0.5) is 17.1 Å². The third-order valence-electron chi connectivity index (χ3n) is 12.7. The normalized spacial score (nSPS) is 14.4. The van der Waals surface area contributed by atoms with Crippen LogP contribution in [-0.2, 0) is 10.8 Å². The zero-order valence-electron chi connectivity index (χ0n) is 32.1. The van der Waals surface area contributed by atoms with E-state index in [1.54, 1.807) is 0 Å². The molecule has 0 atom stereocenters. The first kappa shape index (κ1) is 32.8. The quantitative estimate of drug-likeness (QED) is 0.176. The molecule has 0 saturated carbocycles. The fourth-order valence-corrected chi connectivity index (χ4v) is 9.88. The molecule has 0 aliphatic heterocycles. The number of furan rings is 1. The Hall–Kier alpha value is -6.64. The molecule has 9 aromatic rings. The molecule has 0 saturated heterocycles. The van der Waals surface area contributed by atoms with Crippen LogP contribution < -0.4 is 4.90 Å². The molecule has 0 fully saturated rings. The minimum Gasteiger partial charge on any atom is -0.456 e. The lowest BCUT2D eigenvalue weighted by Gasteiger charge is -2.30. The van der Waals surface area contributed by atoms with Gasteiger partial charge in [0.2, 0.25) is 0 Å². The molecule has 2 heteroatoms. The van der Waals surface area contributed by atoms with Gasteiger partial charge in [-0.25, -0.2) is 0 Å². The fourth-order valence-electron chi connectivity index (χ4n) is 9.88. The van der Waals surface area contributed by atoms with Crippen LogP contribution in [0.15, 0.2) is 180 Å². The minimum absolute atomic E-state index is 0.0762. The highest BCUT2D eigenvalue weighted by molar-refractivity contribution is 6.06. The van der Waals surface area contributed by atoms with E-state index in [4.69, 9.17) is 4.42 Å². The first-order chi connectivity index (χ1) is 27.3. The van der Waals surface area contributed by atoms with Crippen LogP contribution in [0.1, 0.15) is 49.9 Å². The van der Waals surface area contributed by atoms with Crippen LogP contribution >= 0.6 is 0 Å². The van der Waals surface area contributed by atoms with Crippen molar-refractivity contribution in [2.24, 2.45) is 0 Å². The van der Waals surface area contributed by atoms with Crippen LogP contribution in [-0.4, -0.2) is 0 Å². The molecule has 2 aliphatic rings. The SMILES string of the molecule is CC1(C)c2ccccc2-c2cc(N(c3cccc(-c4ccc5c(c4)oc4ccccc45)c3)c3ccccc3-c3cccc4c3-c3ccccc3C4(C)C)ccc21. The Morgan fingerprint density at radius 2 is 0.964 bits per heavy atom. The summed E-state index contributed by atoms with van der Waals surface area (Å²) in [5.41, 5.74) is 20.5. The van der Waals surface area contributed by atoms with Crippen LogP contribution in [0.5, 0.6) is 0 Å². The maximum Gasteiger partial charge on any atom is 0.136 e. The van der Waals surface area contributed by atoms with Crippen molar-refractivity contribution in [3.63, 3.8) is 0 Å². The van der Waals surface area contributed by atoms with Crippen molar-refractivity contribution in [1.82, 2.24) is 0 Å². The highest BCUT2D eigenvalue weighted by Gasteiger charge is 2.38. The molecule has 2 aliphatic carbocycles. The molecule has 8 aromatic carbocycles. The lowest BCUT2D eigenvalue weighted by atomic mass is 9.82. The lowest BCUT2D eigenvalue weighted by molar-refractivity contribution is 0.660. The summed E-state index contributed by atoms with van der Waals surface area (Å²) in [6, 6.07) is 64.7. The van der Waals surface area contributed by atoms with E-state index in [1.165, 1.54) is 55.6 Å². The van der Waals surface area contributed by atoms with Crippen molar-refractivity contribution in [3.05, 3.63) is 198 Å². The topological polar surface area (TPSA) is 16.4 Å². The molecular formula is C54H41NO. The van der Waals surface area contributed by atoms with Gasteiger partial charge in [-0.2, -0.15) is 0 Å². The van der Waals surface area contributed by atoms with Gasteiger partial charge in [0.1, 0.15) is 11.2 Å². The monoisotopic (exact) mass is 719 g/mol. The first-order valence-corrected chi connectivity index (χ1v) is 19.7. The fraction of sp³-hybridized carbons (Fsp3) is 0.111. The Balaban J connectivity index is 1.13. The van der Waals surface area contributed by atoms with Crippen molar-refractivity contribution in [3.8, 4) is 44.5 Å². The summed E-state index contributed by atoms with van der Waals surface area (Å²) < 4.78 is 6.35. The van der Waals surface area contributed by atoms with Gasteiger partial charge in [0.25, 0.3) is 0 Å². The number of hydrogen-bond donors (Lipinski definition) is 0. The maximum absolute atomic E-state index is 6.35. The van der Waals surface area contributed by atoms with Gasteiger partial charge in [0, 0.05) is 38.5 Å². The van der Waals surface area contributed by atoms with Gasteiger partial charge in [-0.05, 0) is 110 Å². The van der Waals surface area contributed by atoms with Crippen molar-refractivity contribution in [2.45, 2.75) is 38.5 Å². The zero-order chi connectivity index (χ0) is 37.8. The summed E-state index contributed by atoms with van der Waals surface area (Å²) in [4.78, 5) is 2.47. The number of benzene rings is 8. The molecular weight excluding hydrogens is 679 g/mol. The smallest absolute Gasteiger partial charge is 0.136 e. The van der Waals surface area contributed by atoms with E-state index < -0.39 is 0 Å². The molecule has 1 heterocycles. The second-order valence-corrected chi connectivity index (χ2v) is 16.5. The summed E-state index contributed by atoms with van der Waals surface area (Å²) in [6.07, 6.45) is 0. The van der Waals surface area contributed by atoms with Gasteiger partial charge in [-0.3, -0.25) is 0 Å². The molecule has 0 spiro atoms. The third kappa shape index (κ3) is 4.69. The molecule has 0 amide bonds. The largest absolute Gasteiger partial charge is 0.456 e. The Kier molecular flexibility index (Phi) is 6.98. The molecule has 0 bridgehead atoms. The van der Waals surface area contributed by atoms with E-state index in [9.17, 15) is 0 Å². The van der Waals surface area contributed by atoms with Gasteiger partial charge in [0.15, 0.2) is 0 Å². The molecule has 11 rings (SSSR count). The standard InChI is InChI=1S/C54H41NO/c1-53(2)45-22-9-5-17-38(45)44-33-37(28-30-47(44)53)55(36-16-13-15-34(31-36)35-27-29-41-40-19-8-12-26-50(40)56-51(41)32-35)49-25-11-7-18-39(49)42-21-14-24-48-52(42)43-20-6-10-23-46(43)54(48,3)4/h5-33H,1-4H3.